The van der Waals surface area contributed by atoms with Crippen LogP contribution in [-0.2, 0) is 14.9 Å². The van der Waals surface area contributed by atoms with E-state index in [0.717, 1.165) is 17.5 Å². The van der Waals surface area contributed by atoms with Crippen molar-refractivity contribution in [2.24, 2.45) is 16.7 Å². The predicted octanol–water partition coefficient (Wildman–Crippen LogP) is 3.27. The quantitative estimate of drug-likeness (QED) is 0.680. The fraction of sp³-hybridized carbons (Fsp3) is 0.500. The first kappa shape index (κ1) is 16.4. The van der Waals surface area contributed by atoms with Gasteiger partial charge in [0.2, 0.25) is 0 Å². The Morgan fingerprint density at radius 1 is 1.26 bits per heavy atom. The van der Waals surface area contributed by atoms with Gasteiger partial charge in [-0.25, -0.2) is 0 Å². The molecular weight excluding hydrogens is 312 g/mol. The summed E-state index contributed by atoms with van der Waals surface area (Å²) in [5, 5.41) is 0. The highest BCUT2D eigenvalue weighted by Crippen LogP contribution is 2.66. The fourth-order valence-corrected chi connectivity index (χ4v) is 5.71. The van der Waals surface area contributed by atoms with Crippen molar-refractivity contribution in [2.45, 2.75) is 33.6 Å². The van der Waals surface area contributed by atoms with E-state index in [1.54, 1.807) is 0 Å². The minimum absolute atomic E-state index is 0.0399. The summed E-state index contributed by atoms with van der Waals surface area (Å²) >= 11 is 0. The van der Waals surface area contributed by atoms with Gasteiger partial charge >= 0.3 is 0 Å². The van der Waals surface area contributed by atoms with Crippen molar-refractivity contribution in [3.05, 3.63) is 41.0 Å². The standard InChI is InChI=1S/C18H22O4S/c1-12-4-6-13(7-5-12)10-14-15-8-9-18(16(14)19,17(15,2)3)11-23(20,21)22/h4-7,10,15H,8-9,11H2,1-3H3,(H,20,21,22). The number of aryl methyl sites for hydroxylation is 1. The number of hydrogen-bond acceptors (Lipinski definition) is 3. The van der Waals surface area contributed by atoms with Gasteiger partial charge in [-0.15, -0.1) is 0 Å². The van der Waals surface area contributed by atoms with E-state index < -0.39 is 26.7 Å². The highest BCUT2D eigenvalue weighted by Gasteiger charge is 2.67. The average Bonchev–Trinajstić information content (AvgIpc) is 2.74. The van der Waals surface area contributed by atoms with Gasteiger partial charge < -0.3 is 0 Å². The van der Waals surface area contributed by atoms with Crippen molar-refractivity contribution in [3.63, 3.8) is 0 Å². The molecule has 0 amide bonds. The topological polar surface area (TPSA) is 71.4 Å². The van der Waals surface area contributed by atoms with Gasteiger partial charge in [-0.3, -0.25) is 9.35 Å². The SMILES string of the molecule is Cc1ccc(C=C2C(=O)C3(CS(=O)(=O)O)CCC2C3(C)C)cc1. The summed E-state index contributed by atoms with van der Waals surface area (Å²) in [6.07, 6.45) is 3.19. The lowest BCUT2D eigenvalue weighted by Crippen LogP contribution is -2.42. The molecule has 2 aliphatic rings. The van der Waals surface area contributed by atoms with E-state index in [4.69, 9.17) is 0 Å². The van der Waals surface area contributed by atoms with E-state index >= 15 is 0 Å². The van der Waals surface area contributed by atoms with Crippen molar-refractivity contribution in [1.29, 1.82) is 0 Å². The fourth-order valence-electron chi connectivity index (χ4n) is 4.44. The van der Waals surface area contributed by atoms with Crippen molar-refractivity contribution in [1.82, 2.24) is 0 Å². The van der Waals surface area contributed by atoms with Crippen LogP contribution in [0.25, 0.3) is 6.08 Å². The highest BCUT2D eigenvalue weighted by atomic mass is 32.2. The van der Waals surface area contributed by atoms with E-state index in [9.17, 15) is 17.8 Å². The Kier molecular flexibility index (Phi) is 3.58. The molecule has 0 radical (unpaired) electrons. The number of fused-ring (bicyclic) bond motifs is 2. The zero-order valence-electron chi connectivity index (χ0n) is 13.7. The number of allylic oxidation sites excluding steroid dienone is 1. The molecule has 2 bridgehead atoms. The van der Waals surface area contributed by atoms with Crippen LogP contribution < -0.4 is 0 Å². The van der Waals surface area contributed by atoms with Crippen LogP contribution in [-0.4, -0.2) is 24.5 Å². The maximum atomic E-state index is 13.0. The Morgan fingerprint density at radius 3 is 2.43 bits per heavy atom. The monoisotopic (exact) mass is 334 g/mol. The van der Waals surface area contributed by atoms with Gasteiger partial charge in [0.1, 0.15) is 0 Å². The van der Waals surface area contributed by atoms with Crippen LogP contribution in [0.1, 0.15) is 37.8 Å². The largest absolute Gasteiger partial charge is 0.294 e. The normalized spacial score (nSPS) is 31.0. The molecule has 0 heterocycles. The highest BCUT2D eigenvalue weighted by molar-refractivity contribution is 7.85. The van der Waals surface area contributed by atoms with E-state index in [1.807, 2.05) is 51.1 Å². The third kappa shape index (κ3) is 2.46. The zero-order valence-corrected chi connectivity index (χ0v) is 14.5. The van der Waals surface area contributed by atoms with Crippen LogP contribution in [0, 0.1) is 23.7 Å². The molecule has 2 aliphatic carbocycles. The van der Waals surface area contributed by atoms with Gasteiger partial charge in [0.15, 0.2) is 5.78 Å². The van der Waals surface area contributed by atoms with E-state index in [-0.39, 0.29) is 11.7 Å². The maximum absolute atomic E-state index is 13.0. The maximum Gasteiger partial charge on any atom is 0.265 e. The van der Waals surface area contributed by atoms with E-state index in [1.165, 1.54) is 0 Å². The summed E-state index contributed by atoms with van der Waals surface area (Å²) in [6.45, 7) is 5.90. The smallest absolute Gasteiger partial charge is 0.265 e. The molecule has 0 aliphatic heterocycles. The molecule has 3 rings (SSSR count). The van der Waals surface area contributed by atoms with Crippen molar-refractivity contribution in [2.75, 3.05) is 5.75 Å². The molecule has 124 valence electrons. The van der Waals surface area contributed by atoms with E-state index in [0.29, 0.717) is 12.0 Å². The first-order valence-electron chi connectivity index (χ1n) is 7.85. The molecular formula is C18H22O4S. The lowest BCUT2D eigenvalue weighted by molar-refractivity contribution is -0.125. The van der Waals surface area contributed by atoms with Crippen LogP contribution in [0.15, 0.2) is 29.8 Å². The molecule has 2 atom stereocenters. The van der Waals surface area contributed by atoms with Crippen molar-refractivity contribution < 1.29 is 17.8 Å². The second-order valence-corrected chi connectivity index (χ2v) is 8.91. The lowest BCUT2D eigenvalue weighted by atomic mass is 9.70. The molecule has 1 aromatic rings. The van der Waals surface area contributed by atoms with Gasteiger partial charge in [-0.1, -0.05) is 43.7 Å². The molecule has 0 spiro atoms. The van der Waals surface area contributed by atoms with Crippen LogP contribution in [0.4, 0.5) is 0 Å². The minimum Gasteiger partial charge on any atom is -0.294 e. The van der Waals surface area contributed by atoms with Gasteiger partial charge in [-0.2, -0.15) is 8.42 Å². The van der Waals surface area contributed by atoms with Crippen LogP contribution >= 0.6 is 0 Å². The van der Waals surface area contributed by atoms with Gasteiger partial charge in [0.05, 0.1) is 11.2 Å². The molecule has 2 unspecified atom stereocenters. The predicted molar refractivity (Wildman–Crippen MR) is 89.5 cm³/mol. The molecule has 1 N–H and O–H groups in total. The third-order valence-electron chi connectivity index (χ3n) is 5.86. The first-order chi connectivity index (χ1) is 10.6. The Labute approximate surface area is 137 Å². The third-order valence-corrected chi connectivity index (χ3v) is 6.72. The summed E-state index contributed by atoms with van der Waals surface area (Å²) < 4.78 is 32.3. The molecule has 4 nitrogen and oxygen atoms in total. The molecule has 5 heteroatoms. The number of carbonyl (C=O) groups is 1. The number of benzene rings is 1. The average molecular weight is 334 g/mol. The first-order valence-corrected chi connectivity index (χ1v) is 9.46. The molecule has 23 heavy (non-hydrogen) atoms. The summed E-state index contributed by atoms with van der Waals surface area (Å²) in [6, 6.07) is 7.90. The summed E-state index contributed by atoms with van der Waals surface area (Å²) in [4.78, 5) is 13.0. The molecule has 0 saturated heterocycles. The van der Waals surface area contributed by atoms with Gasteiger partial charge in [-0.05, 0) is 42.7 Å². The Morgan fingerprint density at radius 2 is 1.87 bits per heavy atom. The van der Waals surface area contributed by atoms with Crippen LogP contribution in [0.3, 0.4) is 0 Å². The van der Waals surface area contributed by atoms with Gasteiger partial charge in [0.25, 0.3) is 10.1 Å². The number of hydrogen-bond donors (Lipinski definition) is 1. The van der Waals surface area contributed by atoms with Crippen molar-refractivity contribution >= 4 is 22.0 Å². The summed E-state index contributed by atoms with van der Waals surface area (Å²) in [7, 11) is -4.21. The summed E-state index contributed by atoms with van der Waals surface area (Å²) in [5.41, 5.74) is 1.34. The number of ketones is 1. The number of carbonyl (C=O) groups excluding carboxylic acids is 1. The second kappa shape index (κ2) is 5.02. The second-order valence-electron chi connectivity index (χ2n) is 7.46. The zero-order chi connectivity index (χ0) is 17.0. The van der Waals surface area contributed by atoms with Crippen LogP contribution in [0.5, 0.6) is 0 Å². The number of rotatable bonds is 3. The number of Topliss-reactive ketones (excluding diaryl/α,β-unsaturated/α-hetero) is 1. The minimum atomic E-state index is -4.21. The molecule has 1 aromatic carbocycles. The Hall–Kier alpha value is -1.46. The molecule has 0 aromatic heterocycles. The Balaban J connectivity index is 2.06. The van der Waals surface area contributed by atoms with E-state index in [2.05, 4.69) is 0 Å². The molecule has 2 fully saturated rings. The summed E-state index contributed by atoms with van der Waals surface area (Å²) in [5.74, 6) is -0.553. The van der Waals surface area contributed by atoms with Crippen LogP contribution in [0.2, 0.25) is 0 Å². The molecule has 2 saturated carbocycles. The van der Waals surface area contributed by atoms with Gasteiger partial charge in [0, 0.05) is 5.57 Å². The van der Waals surface area contributed by atoms with Crippen molar-refractivity contribution in [3.8, 4) is 0 Å². The Bertz CT molecular complexity index is 787. The lowest BCUT2D eigenvalue weighted by Gasteiger charge is -2.34.